The number of fused-ring (bicyclic) bond motifs is 1. The van der Waals surface area contributed by atoms with E-state index in [1.165, 1.54) is 11.8 Å². The molecular formula is C19H24N6O8S2. The van der Waals surface area contributed by atoms with Gasteiger partial charge in [0.25, 0.3) is 5.91 Å². The maximum Gasteiger partial charge on any atom is 0.315 e. The molecule has 0 aliphatic carbocycles. The second kappa shape index (κ2) is 10.6. The quantitative estimate of drug-likeness (QED) is 0.113. The standard InChI is InChI=1S/C19H24N6O8S2/c1-8(2)33-23-11(13-22-18(20)35-24-13)14(28)21-12-15(29)25-5-19(17(30)31,7-34-16(12)25)6-32-10(27)4-9(3)26/h8,12,16H,4-7H2,1-3H3,(H,21,28)(H,30,31)(H2,20,22,24)/t12?,16-,19?/m1/s1. The molecule has 16 heteroatoms. The molecule has 3 rings (SSSR count). The number of β-lactam (4-membered cyclic amide) rings is 1. The summed E-state index contributed by atoms with van der Waals surface area (Å²) in [6.07, 6.45) is -0.802. The number of hydrogen-bond acceptors (Lipinski definition) is 13. The first-order valence-electron chi connectivity index (χ1n) is 10.4. The third-order valence-corrected chi connectivity index (χ3v) is 7.14. The average molecular weight is 529 g/mol. The summed E-state index contributed by atoms with van der Waals surface area (Å²) < 4.78 is 8.97. The molecule has 2 aliphatic heterocycles. The third-order valence-electron chi connectivity index (χ3n) is 5.01. The summed E-state index contributed by atoms with van der Waals surface area (Å²) in [5.41, 5.74) is 3.80. The van der Waals surface area contributed by atoms with Gasteiger partial charge in [-0.25, -0.2) is 0 Å². The number of carbonyl (C=O) groups excluding carboxylic acids is 4. The fourth-order valence-corrected chi connectivity index (χ4v) is 5.22. The molecule has 1 aromatic rings. The number of oxime groups is 1. The molecule has 14 nitrogen and oxygen atoms in total. The molecule has 2 amide bonds. The van der Waals surface area contributed by atoms with Crippen LogP contribution in [0, 0.1) is 5.41 Å². The zero-order chi connectivity index (χ0) is 25.9. The normalized spacial score (nSPS) is 23.8. The van der Waals surface area contributed by atoms with E-state index >= 15 is 0 Å². The first-order valence-corrected chi connectivity index (χ1v) is 12.2. The van der Waals surface area contributed by atoms with Gasteiger partial charge in [0, 0.05) is 23.8 Å². The molecule has 190 valence electrons. The van der Waals surface area contributed by atoms with Crippen LogP contribution in [-0.4, -0.2) is 91.0 Å². The highest BCUT2D eigenvalue weighted by molar-refractivity contribution is 8.00. The number of rotatable bonds is 10. The van der Waals surface area contributed by atoms with Gasteiger partial charge in [0.1, 0.15) is 41.7 Å². The van der Waals surface area contributed by atoms with Crippen LogP contribution in [0.4, 0.5) is 5.13 Å². The van der Waals surface area contributed by atoms with E-state index in [9.17, 15) is 29.1 Å². The van der Waals surface area contributed by atoms with Gasteiger partial charge in [0.15, 0.2) is 5.13 Å². The van der Waals surface area contributed by atoms with Crippen molar-refractivity contribution in [1.29, 1.82) is 0 Å². The van der Waals surface area contributed by atoms with Crippen molar-refractivity contribution < 1.29 is 38.7 Å². The fraction of sp³-hybridized carbons (Fsp3) is 0.579. The smallest absolute Gasteiger partial charge is 0.315 e. The second-order valence-corrected chi connectivity index (χ2v) is 10.2. The zero-order valence-corrected chi connectivity index (χ0v) is 20.7. The minimum absolute atomic E-state index is 0.0120. The van der Waals surface area contributed by atoms with E-state index in [0.717, 1.165) is 23.3 Å². The van der Waals surface area contributed by atoms with Crippen LogP contribution in [0.5, 0.6) is 0 Å². The number of anilines is 1. The van der Waals surface area contributed by atoms with Gasteiger partial charge in [0.2, 0.25) is 17.4 Å². The Kier molecular flexibility index (Phi) is 7.94. The minimum atomic E-state index is -1.54. The molecule has 2 unspecified atom stereocenters. The van der Waals surface area contributed by atoms with E-state index in [2.05, 4.69) is 19.8 Å². The number of thioether (sulfide) groups is 1. The summed E-state index contributed by atoms with van der Waals surface area (Å²) >= 11 is 1.99. The lowest BCUT2D eigenvalue weighted by Gasteiger charge is -2.53. The van der Waals surface area contributed by atoms with Gasteiger partial charge in [-0.3, -0.25) is 24.0 Å². The monoisotopic (exact) mass is 528 g/mol. The number of carboxylic acid groups (broad SMARTS) is 1. The van der Waals surface area contributed by atoms with Crippen LogP contribution in [0.1, 0.15) is 33.0 Å². The molecule has 0 radical (unpaired) electrons. The summed E-state index contributed by atoms with van der Waals surface area (Å²) in [6, 6.07) is -0.945. The van der Waals surface area contributed by atoms with Crippen LogP contribution in [0.25, 0.3) is 0 Å². The Bertz CT molecular complexity index is 1080. The second-order valence-electron chi connectivity index (χ2n) is 8.29. The van der Waals surface area contributed by atoms with Gasteiger partial charge in [0.05, 0.1) is 0 Å². The number of nitrogen functional groups attached to an aromatic ring is 1. The number of Topliss-reactive ketones (excluding diaryl/α,β-unsaturated/α-hetero) is 1. The molecule has 0 spiro atoms. The van der Waals surface area contributed by atoms with Gasteiger partial charge >= 0.3 is 11.9 Å². The highest BCUT2D eigenvalue weighted by Crippen LogP contribution is 2.42. The zero-order valence-electron chi connectivity index (χ0n) is 19.0. The Morgan fingerprint density at radius 3 is 2.66 bits per heavy atom. The average Bonchev–Trinajstić information content (AvgIpc) is 3.21. The number of nitrogens with two attached hydrogens (primary N) is 1. The first kappa shape index (κ1) is 26.3. The van der Waals surface area contributed by atoms with Gasteiger partial charge in [-0.1, -0.05) is 5.16 Å². The van der Waals surface area contributed by atoms with Crippen molar-refractivity contribution in [3.63, 3.8) is 0 Å². The number of ketones is 1. The minimum Gasteiger partial charge on any atom is -0.481 e. The van der Waals surface area contributed by atoms with Crippen molar-refractivity contribution in [2.45, 2.75) is 44.7 Å². The molecular weight excluding hydrogens is 504 g/mol. The number of hydrogen-bond donors (Lipinski definition) is 3. The van der Waals surface area contributed by atoms with Crippen LogP contribution in [0.2, 0.25) is 0 Å². The largest absolute Gasteiger partial charge is 0.481 e. The van der Waals surface area contributed by atoms with Crippen molar-refractivity contribution in [3.8, 4) is 0 Å². The number of amides is 2. The highest BCUT2D eigenvalue weighted by atomic mass is 32.2. The highest BCUT2D eigenvalue weighted by Gasteiger charge is 2.58. The van der Waals surface area contributed by atoms with Crippen molar-refractivity contribution in [3.05, 3.63) is 5.82 Å². The molecule has 0 aromatic carbocycles. The summed E-state index contributed by atoms with van der Waals surface area (Å²) in [7, 11) is 0. The van der Waals surface area contributed by atoms with Crippen LogP contribution in [0.3, 0.4) is 0 Å². The molecule has 4 N–H and O–H groups in total. The van der Waals surface area contributed by atoms with Crippen molar-refractivity contribution in [1.82, 2.24) is 19.6 Å². The number of carboxylic acids is 1. The van der Waals surface area contributed by atoms with E-state index in [1.54, 1.807) is 13.8 Å². The molecule has 2 saturated heterocycles. The van der Waals surface area contributed by atoms with Crippen LogP contribution >= 0.6 is 23.3 Å². The number of carbonyl (C=O) groups is 5. The number of nitrogens with zero attached hydrogens (tertiary/aromatic N) is 4. The molecule has 3 heterocycles. The molecule has 2 aliphatic rings. The Morgan fingerprint density at radius 1 is 1.37 bits per heavy atom. The van der Waals surface area contributed by atoms with Gasteiger partial charge in [-0.15, -0.1) is 11.8 Å². The van der Waals surface area contributed by atoms with E-state index in [4.69, 9.17) is 15.3 Å². The number of aromatic nitrogens is 2. The van der Waals surface area contributed by atoms with Gasteiger partial charge in [-0.2, -0.15) is 9.36 Å². The van der Waals surface area contributed by atoms with E-state index in [1.807, 2.05) is 0 Å². The molecule has 0 saturated carbocycles. The van der Waals surface area contributed by atoms with Gasteiger partial charge in [-0.05, 0) is 20.8 Å². The summed E-state index contributed by atoms with van der Waals surface area (Å²) in [6.45, 7) is 3.92. The Hall–Kier alpha value is -3.27. The van der Waals surface area contributed by atoms with E-state index in [0.29, 0.717) is 0 Å². The Morgan fingerprint density at radius 2 is 2.09 bits per heavy atom. The fourth-order valence-electron chi connectivity index (χ4n) is 3.26. The molecule has 3 atom stereocenters. The lowest BCUT2D eigenvalue weighted by atomic mass is 9.88. The van der Waals surface area contributed by atoms with E-state index < -0.39 is 59.4 Å². The SMILES string of the molecule is CC(=O)CC(=O)OCC1(C(=O)O)CS[C@@H]2C(NC(=O)C(=NOC(C)C)c3nsc(N)n3)C(=O)N2C1. The predicted molar refractivity (Wildman–Crippen MR) is 123 cm³/mol. The molecule has 2 fully saturated rings. The van der Waals surface area contributed by atoms with Crippen LogP contribution in [0.15, 0.2) is 5.16 Å². The van der Waals surface area contributed by atoms with Crippen LogP contribution in [-0.2, 0) is 33.5 Å². The number of ether oxygens (including phenoxy) is 1. The number of esters is 1. The summed E-state index contributed by atoms with van der Waals surface area (Å²) in [4.78, 5) is 70.9. The topological polar surface area (TPSA) is 203 Å². The molecule has 1 aromatic heterocycles. The summed E-state index contributed by atoms with van der Waals surface area (Å²) in [5, 5.41) is 15.7. The van der Waals surface area contributed by atoms with Crippen molar-refractivity contribution >= 4 is 63.7 Å². The van der Waals surface area contributed by atoms with E-state index in [-0.39, 0.29) is 35.1 Å². The van der Waals surface area contributed by atoms with Crippen molar-refractivity contribution in [2.24, 2.45) is 10.6 Å². The van der Waals surface area contributed by atoms with Crippen LogP contribution < -0.4 is 11.1 Å². The third kappa shape index (κ3) is 5.87. The number of aliphatic carboxylic acids is 1. The van der Waals surface area contributed by atoms with Gasteiger partial charge < -0.3 is 30.6 Å². The first-order chi connectivity index (χ1) is 16.4. The molecule has 0 bridgehead atoms. The maximum atomic E-state index is 12.9. The Balaban J connectivity index is 1.68. The lowest BCUT2D eigenvalue weighted by Crippen LogP contribution is -2.74. The lowest BCUT2D eigenvalue weighted by molar-refractivity contribution is -0.165. The maximum absolute atomic E-state index is 12.9. The van der Waals surface area contributed by atoms with Crippen molar-refractivity contribution in [2.75, 3.05) is 24.6 Å². The summed E-state index contributed by atoms with van der Waals surface area (Å²) in [5.74, 6) is -3.79. The molecule has 35 heavy (non-hydrogen) atoms. The predicted octanol–water partition coefficient (Wildman–Crippen LogP) is -0.757. The number of nitrogens with one attached hydrogen (secondary N) is 1. The Labute approximate surface area is 207 Å².